The summed E-state index contributed by atoms with van der Waals surface area (Å²) < 4.78 is 2.00. The number of hydrogen-bond acceptors (Lipinski definition) is 1. The van der Waals surface area contributed by atoms with Crippen molar-refractivity contribution in [3.63, 3.8) is 0 Å². The molecular formula is C17H12Br2ClN. The fourth-order valence-electron chi connectivity index (χ4n) is 2.49. The molecule has 0 spiro atoms. The average molecular weight is 426 g/mol. The Hall–Kier alpha value is -0.870. The van der Waals surface area contributed by atoms with E-state index < -0.39 is 0 Å². The zero-order valence-electron chi connectivity index (χ0n) is 11.0. The molecule has 2 N–H and O–H groups in total. The number of rotatable bonds is 2. The predicted molar refractivity (Wildman–Crippen MR) is 96.8 cm³/mol. The molecule has 0 fully saturated rings. The minimum Gasteiger partial charge on any atom is -0.320 e. The molecule has 0 heterocycles. The number of fused-ring (bicyclic) bond motifs is 1. The Labute approximate surface area is 145 Å². The first-order valence-electron chi connectivity index (χ1n) is 6.45. The van der Waals surface area contributed by atoms with Gasteiger partial charge in [0.05, 0.1) is 6.04 Å². The molecule has 0 aliphatic heterocycles. The maximum absolute atomic E-state index is 6.49. The van der Waals surface area contributed by atoms with Gasteiger partial charge in [-0.25, -0.2) is 0 Å². The number of nitrogens with two attached hydrogens (primary N) is 1. The van der Waals surface area contributed by atoms with E-state index in [0.717, 1.165) is 35.9 Å². The highest BCUT2D eigenvalue weighted by Gasteiger charge is 2.14. The summed E-state index contributed by atoms with van der Waals surface area (Å²) in [5.74, 6) is 0. The second-order valence-electron chi connectivity index (χ2n) is 4.86. The third-order valence-electron chi connectivity index (χ3n) is 3.48. The number of benzene rings is 3. The van der Waals surface area contributed by atoms with Gasteiger partial charge in [-0.05, 0) is 40.8 Å². The van der Waals surface area contributed by atoms with Crippen LogP contribution in [0.25, 0.3) is 10.8 Å². The molecule has 0 radical (unpaired) electrons. The van der Waals surface area contributed by atoms with Gasteiger partial charge in [-0.1, -0.05) is 73.8 Å². The Morgan fingerprint density at radius 1 is 0.857 bits per heavy atom. The molecule has 0 aliphatic carbocycles. The molecule has 1 unspecified atom stereocenters. The minimum atomic E-state index is -0.207. The second-order valence-corrected chi connectivity index (χ2v) is 7.10. The highest BCUT2D eigenvalue weighted by Crippen LogP contribution is 2.33. The zero-order chi connectivity index (χ0) is 15.0. The van der Waals surface area contributed by atoms with E-state index >= 15 is 0 Å². The first kappa shape index (κ1) is 15.0. The molecule has 106 valence electrons. The van der Waals surface area contributed by atoms with Crippen molar-refractivity contribution in [3.8, 4) is 0 Å². The van der Waals surface area contributed by atoms with Crippen LogP contribution in [0.15, 0.2) is 63.5 Å². The summed E-state index contributed by atoms with van der Waals surface area (Å²) in [5.41, 5.74) is 8.60. The molecule has 0 saturated heterocycles. The third-order valence-corrected chi connectivity index (χ3v) is 4.73. The lowest BCUT2D eigenvalue weighted by Crippen LogP contribution is -2.12. The third kappa shape index (κ3) is 3.02. The van der Waals surface area contributed by atoms with E-state index in [1.165, 1.54) is 0 Å². The highest BCUT2D eigenvalue weighted by molar-refractivity contribution is 9.11. The maximum Gasteiger partial charge on any atom is 0.0558 e. The van der Waals surface area contributed by atoms with Crippen molar-refractivity contribution in [2.75, 3.05) is 0 Å². The Bertz CT molecular complexity index is 797. The molecule has 3 rings (SSSR count). The van der Waals surface area contributed by atoms with Crippen LogP contribution in [0.5, 0.6) is 0 Å². The lowest BCUT2D eigenvalue weighted by atomic mass is 9.94. The van der Waals surface area contributed by atoms with Crippen molar-refractivity contribution < 1.29 is 0 Å². The van der Waals surface area contributed by atoms with Gasteiger partial charge in [0.15, 0.2) is 0 Å². The van der Waals surface area contributed by atoms with Crippen molar-refractivity contribution in [2.24, 2.45) is 5.73 Å². The summed E-state index contributed by atoms with van der Waals surface area (Å²) in [4.78, 5) is 0. The van der Waals surface area contributed by atoms with Gasteiger partial charge in [-0.2, -0.15) is 0 Å². The van der Waals surface area contributed by atoms with E-state index in [1.54, 1.807) is 0 Å². The highest BCUT2D eigenvalue weighted by atomic mass is 79.9. The Kier molecular flexibility index (Phi) is 4.36. The Balaban J connectivity index is 2.18. The molecule has 3 aromatic rings. The molecular weight excluding hydrogens is 413 g/mol. The summed E-state index contributed by atoms with van der Waals surface area (Å²) in [6.07, 6.45) is 0. The topological polar surface area (TPSA) is 26.0 Å². The lowest BCUT2D eigenvalue weighted by molar-refractivity contribution is 0.879. The molecule has 0 aliphatic rings. The van der Waals surface area contributed by atoms with Crippen molar-refractivity contribution in [1.29, 1.82) is 0 Å². The average Bonchev–Trinajstić information content (AvgIpc) is 2.46. The van der Waals surface area contributed by atoms with Gasteiger partial charge in [0.25, 0.3) is 0 Å². The molecule has 1 nitrogen and oxygen atoms in total. The molecule has 4 heteroatoms. The van der Waals surface area contributed by atoms with Crippen LogP contribution in [0.2, 0.25) is 5.02 Å². The van der Waals surface area contributed by atoms with Crippen LogP contribution in [-0.2, 0) is 0 Å². The molecule has 0 saturated carbocycles. The van der Waals surface area contributed by atoms with Crippen molar-refractivity contribution >= 4 is 54.2 Å². The summed E-state index contributed by atoms with van der Waals surface area (Å²) in [6.45, 7) is 0. The van der Waals surface area contributed by atoms with Crippen LogP contribution in [0.4, 0.5) is 0 Å². The van der Waals surface area contributed by atoms with E-state index in [4.69, 9.17) is 17.3 Å². The molecule has 1 atom stereocenters. The monoisotopic (exact) mass is 423 g/mol. The molecule has 0 bridgehead atoms. The van der Waals surface area contributed by atoms with E-state index in [2.05, 4.69) is 37.9 Å². The lowest BCUT2D eigenvalue weighted by Gasteiger charge is -2.16. The molecule has 0 amide bonds. The minimum absolute atomic E-state index is 0.207. The quantitative estimate of drug-likeness (QED) is 0.530. The van der Waals surface area contributed by atoms with Gasteiger partial charge in [0.1, 0.15) is 0 Å². The number of halogens is 3. The second kappa shape index (κ2) is 6.09. The maximum atomic E-state index is 6.49. The smallest absolute Gasteiger partial charge is 0.0558 e. The molecule has 0 aromatic heterocycles. The SMILES string of the molecule is NC(c1cc(Br)cc(Br)c1)c1ccc(Cl)c2ccccc12. The zero-order valence-corrected chi connectivity index (χ0v) is 14.9. The van der Waals surface area contributed by atoms with Gasteiger partial charge in [0.2, 0.25) is 0 Å². The fraction of sp³-hybridized carbons (Fsp3) is 0.0588. The van der Waals surface area contributed by atoms with E-state index in [9.17, 15) is 0 Å². The van der Waals surface area contributed by atoms with Gasteiger partial charge in [-0.3, -0.25) is 0 Å². The van der Waals surface area contributed by atoms with E-state index in [1.807, 2.05) is 48.5 Å². The first-order valence-corrected chi connectivity index (χ1v) is 8.41. The first-order chi connectivity index (χ1) is 10.1. The number of hydrogen-bond donors (Lipinski definition) is 1. The van der Waals surface area contributed by atoms with Crippen molar-refractivity contribution in [2.45, 2.75) is 6.04 Å². The molecule has 21 heavy (non-hydrogen) atoms. The van der Waals surface area contributed by atoms with Crippen molar-refractivity contribution in [1.82, 2.24) is 0 Å². The summed E-state index contributed by atoms with van der Waals surface area (Å²) in [6, 6.07) is 17.9. The van der Waals surface area contributed by atoms with Crippen LogP contribution in [0.1, 0.15) is 17.2 Å². The van der Waals surface area contributed by atoms with Crippen LogP contribution in [0.3, 0.4) is 0 Å². The van der Waals surface area contributed by atoms with E-state index in [0.29, 0.717) is 0 Å². The van der Waals surface area contributed by atoms with Crippen LogP contribution >= 0.6 is 43.5 Å². The standard InChI is InChI=1S/C17H12Br2ClN/c18-11-7-10(8-12(19)9-11)17(21)15-5-6-16(20)14-4-2-1-3-13(14)15/h1-9,17H,21H2. The largest absolute Gasteiger partial charge is 0.320 e. The summed E-state index contributed by atoms with van der Waals surface area (Å²) >= 11 is 13.3. The van der Waals surface area contributed by atoms with Crippen LogP contribution in [0, 0.1) is 0 Å². The molecule has 3 aromatic carbocycles. The Morgan fingerprint density at radius 2 is 1.48 bits per heavy atom. The predicted octanol–water partition coefficient (Wildman–Crippen LogP) is 6.07. The normalized spacial score (nSPS) is 12.6. The Morgan fingerprint density at radius 3 is 2.14 bits per heavy atom. The summed E-state index contributed by atoms with van der Waals surface area (Å²) in [5, 5.41) is 2.87. The summed E-state index contributed by atoms with van der Waals surface area (Å²) in [7, 11) is 0. The van der Waals surface area contributed by atoms with Gasteiger partial charge < -0.3 is 5.73 Å². The van der Waals surface area contributed by atoms with Gasteiger partial charge in [0, 0.05) is 19.4 Å². The van der Waals surface area contributed by atoms with E-state index in [-0.39, 0.29) is 6.04 Å². The van der Waals surface area contributed by atoms with Crippen molar-refractivity contribution in [3.05, 3.63) is 79.7 Å². The van der Waals surface area contributed by atoms with Gasteiger partial charge >= 0.3 is 0 Å². The van der Waals surface area contributed by atoms with Crippen LogP contribution in [-0.4, -0.2) is 0 Å². The van der Waals surface area contributed by atoms with Gasteiger partial charge in [-0.15, -0.1) is 0 Å². The van der Waals surface area contributed by atoms with Crippen LogP contribution < -0.4 is 5.73 Å². The fourth-order valence-corrected chi connectivity index (χ4v) is 4.05.